The van der Waals surface area contributed by atoms with Crippen LogP contribution in [0.1, 0.15) is 31.1 Å². The van der Waals surface area contributed by atoms with E-state index in [9.17, 15) is 24.6 Å². The third-order valence-electron chi connectivity index (χ3n) is 2.93. The number of ketones is 1. The van der Waals surface area contributed by atoms with Gasteiger partial charge in [0.05, 0.1) is 11.1 Å². The molecule has 0 heterocycles. The molecule has 0 amide bonds. The maximum Gasteiger partial charge on any atom is 0.337 e. The standard InChI is InChI=1S/C15H10O5/c1-2-11(16)10-7-8-5-3-4-6-9(8)12(14(17)18)13(10)15(19)20/h2-7H,1H2,(H,17,18)(H,19,20). The molecule has 5 nitrogen and oxygen atoms in total. The smallest absolute Gasteiger partial charge is 0.337 e. The number of rotatable bonds is 4. The first-order valence-electron chi connectivity index (χ1n) is 5.66. The molecule has 0 aromatic heterocycles. The van der Waals surface area contributed by atoms with Gasteiger partial charge in [0.15, 0.2) is 5.78 Å². The van der Waals surface area contributed by atoms with Crippen LogP contribution >= 0.6 is 0 Å². The molecule has 2 aromatic carbocycles. The van der Waals surface area contributed by atoms with Crippen molar-refractivity contribution < 1.29 is 24.6 Å². The highest BCUT2D eigenvalue weighted by Gasteiger charge is 2.25. The summed E-state index contributed by atoms with van der Waals surface area (Å²) in [6, 6.07) is 7.78. The minimum atomic E-state index is -1.46. The van der Waals surface area contributed by atoms with Gasteiger partial charge in [-0.1, -0.05) is 30.8 Å². The summed E-state index contributed by atoms with van der Waals surface area (Å²) in [6.45, 7) is 3.30. The fourth-order valence-electron chi connectivity index (χ4n) is 2.10. The van der Waals surface area contributed by atoms with Crippen molar-refractivity contribution in [1.29, 1.82) is 0 Å². The van der Waals surface area contributed by atoms with Gasteiger partial charge in [-0.05, 0) is 22.9 Å². The third kappa shape index (κ3) is 2.05. The van der Waals surface area contributed by atoms with Crippen molar-refractivity contribution in [3.05, 3.63) is 59.7 Å². The number of carboxylic acids is 2. The molecule has 0 aliphatic heterocycles. The molecular formula is C15H10O5. The average Bonchev–Trinajstić information content (AvgIpc) is 2.43. The van der Waals surface area contributed by atoms with Crippen LogP contribution < -0.4 is 0 Å². The number of carboxylic acid groups (broad SMARTS) is 2. The first-order chi connectivity index (χ1) is 9.47. The fourth-order valence-corrected chi connectivity index (χ4v) is 2.10. The Kier molecular flexibility index (Phi) is 3.35. The van der Waals surface area contributed by atoms with Crippen molar-refractivity contribution in [2.45, 2.75) is 0 Å². The zero-order valence-electron chi connectivity index (χ0n) is 10.3. The van der Waals surface area contributed by atoms with Gasteiger partial charge in [-0.3, -0.25) is 4.79 Å². The van der Waals surface area contributed by atoms with Crippen LogP contribution in [0.4, 0.5) is 0 Å². The highest BCUT2D eigenvalue weighted by atomic mass is 16.4. The normalized spacial score (nSPS) is 10.2. The molecule has 0 bridgehead atoms. The predicted octanol–water partition coefficient (Wildman–Crippen LogP) is 2.60. The Morgan fingerprint density at radius 2 is 1.60 bits per heavy atom. The summed E-state index contributed by atoms with van der Waals surface area (Å²) >= 11 is 0. The van der Waals surface area contributed by atoms with Gasteiger partial charge >= 0.3 is 11.9 Å². The summed E-state index contributed by atoms with van der Waals surface area (Å²) < 4.78 is 0. The summed E-state index contributed by atoms with van der Waals surface area (Å²) in [4.78, 5) is 34.5. The number of benzene rings is 2. The Morgan fingerprint density at radius 3 is 2.15 bits per heavy atom. The first-order valence-corrected chi connectivity index (χ1v) is 5.66. The van der Waals surface area contributed by atoms with Crippen LogP contribution in [0.15, 0.2) is 43.0 Å². The van der Waals surface area contributed by atoms with Crippen LogP contribution in [0.2, 0.25) is 0 Å². The lowest BCUT2D eigenvalue weighted by Gasteiger charge is -2.10. The molecule has 0 atom stereocenters. The van der Waals surface area contributed by atoms with Gasteiger partial charge in [0.25, 0.3) is 0 Å². The van der Waals surface area contributed by atoms with E-state index >= 15 is 0 Å². The van der Waals surface area contributed by atoms with E-state index in [1.54, 1.807) is 18.2 Å². The number of carbonyl (C=O) groups is 3. The highest BCUT2D eigenvalue weighted by molar-refractivity contribution is 6.20. The molecule has 0 saturated carbocycles. The van der Waals surface area contributed by atoms with Gasteiger partial charge < -0.3 is 10.2 Å². The van der Waals surface area contributed by atoms with Crippen molar-refractivity contribution in [1.82, 2.24) is 0 Å². The van der Waals surface area contributed by atoms with Gasteiger partial charge in [0.1, 0.15) is 0 Å². The van der Waals surface area contributed by atoms with E-state index in [2.05, 4.69) is 6.58 Å². The minimum Gasteiger partial charge on any atom is -0.478 e. The van der Waals surface area contributed by atoms with E-state index in [4.69, 9.17) is 0 Å². The van der Waals surface area contributed by atoms with Crippen molar-refractivity contribution in [3.8, 4) is 0 Å². The average molecular weight is 270 g/mol. The second-order valence-electron chi connectivity index (χ2n) is 4.07. The minimum absolute atomic E-state index is 0.177. The van der Waals surface area contributed by atoms with Crippen molar-refractivity contribution >= 4 is 28.5 Å². The number of aromatic carboxylic acids is 2. The molecule has 0 aliphatic carbocycles. The van der Waals surface area contributed by atoms with E-state index in [0.717, 1.165) is 6.08 Å². The molecule has 0 spiro atoms. The lowest BCUT2D eigenvalue weighted by molar-refractivity contribution is 0.0651. The van der Waals surface area contributed by atoms with Gasteiger partial charge in [-0.2, -0.15) is 0 Å². The molecule has 0 aliphatic rings. The van der Waals surface area contributed by atoms with Crippen molar-refractivity contribution in [3.63, 3.8) is 0 Å². The molecule has 20 heavy (non-hydrogen) atoms. The van der Waals surface area contributed by atoms with Crippen LogP contribution in [-0.2, 0) is 0 Å². The Morgan fingerprint density at radius 1 is 1.00 bits per heavy atom. The Labute approximate surface area is 113 Å². The lowest BCUT2D eigenvalue weighted by Crippen LogP contribution is -2.14. The molecule has 2 aromatic rings. The van der Waals surface area contributed by atoms with Crippen molar-refractivity contribution in [2.24, 2.45) is 0 Å². The fraction of sp³-hybridized carbons (Fsp3) is 0. The van der Waals surface area contributed by atoms with Gasteiger partial charge in [0, 0.05) is 5.56 Å². The van der Waals surface area contributed by atoms with E-state index in [-0.39, 0.29) is 16.5 Å². The summed E-state index contributed by atoms with van der Waals surface area (Å²) in [5, 5.41) is 19.3. The SMILES string of the molecule is C=CC(=O)c1cc2ccccc2c(C(=O)O)c1C(=O)O. The van der Waals surface area contributed by atoms with E-state index in [0.29, 0.717) is 5.39 Å². The first kappa shape index (κ1) is 13.5. The lowest BCUT2D eigenvalue weighted by atomic mass is 9.92. The second-order valence-corrected chi connectivity index (χ2v) is 4.07. The van der Waals surface area contributed by atoms with Crippen LogP contribution in [0.25, 0.3) is 10.8 Å². The van der Waals surface area contributed by atoms with Crippen LogP contribution in [0.3, 0.4) is 0 Å². The zero-order valence-corrected chi connectivity index (χ0v) is 10.3. The molecule has 0 radical (unpaired) electrons. The molecule has 2 rings (SSSR count). The van der Waals surface area contributed by atoms with Gasteiger partial charge in [-0.15, -0.1) is 0 Å². The van der Waals surface area contributed by atoms with E-state index in [1.165, 1.54) is 12.1 Å². The Balaban J connectivity index is 3.03. The van der Waals surface area contributed by atoms with Crippen molar-refractivity contribution in [2.75, 3.05) is 0 Å². The molecular weight excluding hydrogens is 260 g/mol. The second kappa shape index (κ2) is 4.97. The van der Waals surface area contributed by atoms with E-state index in [1.807, 2.05) is 0 Å². The quantitative estimate of drug-likeness (QED) is 0.658. The molecule has 0 unspecified atom stereocenters. The van der Waals surface area contributed by atoms with Gasteiger partial charge in [0.2, 0.25) is 0 Å². The topological polar surface area (TPSA) is 91.7 Å². The molecule has 2 N–H and O–H groups in total. The molecule has 100 valence electrons. The van der Waals surface area contributed by atoms with E-state index < -0.39 is 23.3 Å². The summed E-state index contributed by atoms with van der Waals surface area (Å²) in [5.74, 6) is -3.48. The monoisotopic (exact) mass is 270 g/mol. The molecule has 0 saturated heterocycles. The number of hydrogen-bond donors (Lipinski definition) is 2. The maximum atomic E-state index is 11.8. The summed E-state index contributed by atoms with van der Waals surface area (Å²) in [5.41, 5.74) is -1.08. The maximum absolute atomic E-state index is 11.8. The molecule has 0 fully saturated rings. The van der Waals surface area contributed by atoms with Crippen LogP contribution in [0.5, 0.6) is 0 Å². The Hall–Kier alpha value is -2.95. The molecule has 5 heteroatoms. The van der Waals surface area contributed by atoms with Gasteiger partial charge in [-0.25, -0.2) is 9.59 Å². The summed E-state index contributed by atoms with van der Waals surface area (Å²) in [6.07, 6.45) is 0.960. The third-order valence-corrected chi connectivity index (χ3v) is 2.93. The number of fused-ring (bicyclic) bond motifs is 1. The zero-order chi connectivity index (χ0) is 14.9. The predicted molar refractivity (Wildman–Crippen MR) is 72.4 cm³/mol. The Bertz CT molecular complexity index is 758. The number of allylic oxidation sites excluding steroid dienone is 1. The number of hydrogen-bond acceptors (Lipinski definition) is 3. The van der Waals surface area contributed by atoms with Crippen LogP contribution in [-0.4, -0.2) is 27.9 Å². The highest BCUT2D eigenvalue weighted by Crippen LogP contribution is 2.27. The number of carbonyl (C=O) groups excluding carboxylic acids is 1. The van der Waals surface area contributed by atoms with Crippen LogP contribution in [0, 0.1) is 0 Å². The summed E-state index contributed by atoms with van der Waals surface area (Å²) in [7, 11) is 0. The largest absolute Gasteiger partial charge is 0.478 e.